The van der Waals surface area contributed by atoms with E-state index in [-0.39, 0.29) is 6.10 Å². The number of aliphatic hydroxyl groups excluding tert-OH is 1. The van der Waals surface area contributed by atoms with E-state index < -0.39 is 5.91 Å². The van der Waals surface area contributed by atoms with Gasteiger partial charge in [-0.25, -0.2) is 0 Å². The lowest BCUT2D eigenvalue weighted by atomic mass is 9.93. The van der Waals surface area contributed by atoms with E-state index in [1.165, 1.54) is 11.3 Å². The van der Waals surface area contributed by atoms with Gasteiger partial charge in [-0.15, -0.1) is 11.3 Å². The normalized spacial score (nSPS) is 24.5. The van der Waals surface area contributed by atoms with Gasteiger partial charge in [0.05, 0.1) is 16.8 Å². The van der Waals surface area contributed by atoms with Crippen LogP contribution in [-0.2, 0) is 0 Å². The van der Waals surface area contributed by atoms with E-state index in [1.807, 2.05) is 0 Å². The maximum atomic E-state index is 11.1. The molecule has 0 unspecified atom stereocenters. The fraction of sp³-hybridized carbons (Fsp3) is 0.545. The van der Waals surface area contributed by atoms with Crippen molar-refractivity contribution in [3.8, 4) is 0 Å². The van der Waals surface area contributed by atoms with Gasteiger partial charge in [0.15, 0.2) is 0 Å². The van der Waals surface area contributed by atoms with Crippen LogP contribution in [0.1, 0.15) is 35.4 Å². The first-order chi connectivity index (χ1) is 8.06. The number of carbonyl (C=O) groups excluding carboxylic acids is 1. The zero-order chi connectivity index (χ0) is 12.4. The second kappa shape index (κ2) is 4.93. The summed E-state index contributed by atoms with van der Waals surface area (Å²) >= 11 is 1.29. The molecule has 0 atom stereocenters. The Kier molecular flexibility index (Phi) is 3.54. The molecular weight excluding hydrogens is 238 g/mol. The smallest absolute Gasteiger partial charge is 0.260 e. The molecule has 1 amide bonds. The van der Waals surface area contributed by atoms with Gasteiger partial charge in [0.25, 0.3) is 5.91 Å². The summed E-state index contributed by atoms with van der Waals surface area (Å²) in [4.78, 5) is 11.5. The molecule has 1 heterocycles. The lowest BCUT2D eigenvalue weighted by molar-refractivity contribution is 0.100. The first kappa shape index (κ1) is 12.2. The van der Waals surface area contributed by atoms with E-state index in [2.05, 4.69) is 5.32 Å². The van der Waals surface area contributed by atoms with E-state index in [4.69, 9.17) is 11.5 Å². The maximum Gasteiger partial charge on any atom is 0.260 e. The molecule has 0 saturated heterocycles. The van der Waals surface area contributed by atoms with Crippen LogP contribution in [-0.4, -0.2) is 23.2 Å². The minimum atomic E-state index is -0.486. The third-order valence-corrected chi connectivity index (χ3v) is 4.12. The molecule has 0 bridgehead atoms. The average molecular weight is 255 g/mol. The van der Waals surface area contributed by atoms with Gasteiger partial charge in [-0.2, -0.15) is 0 Å². The molecule has 1 fully saturated rings. The Morgan fingerprint density at radius 1 is 1.41 bits per heavy atom. The van der Waals surface area contributed by atoms with Crippen LogP contribution >= 0.6 is 11.3 Å². The van der Waals surface area contributed by atoms with Crippen LogP contribution in [0.4, 0.5) is 10.7 Å². The molecule has 1 saturated carbocycles. The molecule has 1 aliphatic carbocycles. The lowest BCUT2D eigenvalue weighted by Crippen LogP contribution is -2.27. The SMILES string of the molecule is NC(=O)c1sc(NC2CCC(O)CC2)cc1N. The molecule has 94 valence electrons. The number of anilines is 2. The molecule has 0 spiro atoms. The lowest BCUT2D eigenvalue weighted by Gasteiger charge is -2.26. The summed E-state index contributed by atoms with van der Waals surface area (Å²) in [5.74, 6) is -0.486. The molecule has 2 rings (SSSR count). The van der Waals surface area contributed by atoms with Crippen molar-refractivity contribution in [2.24, 2.45) is 5.73 Å². The summed E-state index contributed by atoms with van der Waals surface area (Å²) in [6.45, 7) is 0. The van der Waals surface area contributed by atoms with Crippen molar-refractivity contribution in [3.05, 3.63) is 10.9 Å². The number of hydrogen-bond donors (Lipinski definition) is 4. The Morgan fingerprint density at radius 2 is 2.06 bits per heavy atom. The number of nitrogens with two attached hydrogens (primary N) is 2. The Morgan fingerprint density at radius 3 is 2.59 bits per heavy atom. The van der Waals surface area contributed by atoms with Crippen LogP contribution in [0.3, 0.4) is 0 Å². The third kappa shape index (κ3) is 2.89. The van der Waals surface area contributed by atoms with Crippen molar-refractivity contribution in [3.63, 3.8) is 0 Å². The van der Waals surface area contributed by atoms with Crippen molar-refractivity contribution < 1.29 is 9.90 Å². The van der Waals surface area contributed by atoms with Gasteiger partial charge >= 0.3 is 0 Å². The first-order valence-corrected chi connectivity index (χ1v) is 6.51. The molecule has 1 aromatic rings. The zero-order valence-electron chi connectivity index (χ0n) is 9.48. The standard InChI is InChI=1S/C11H17N3O2S/c12-8-5-9(17-10(8)11(13)16)14-6-1-3-7(15)4-2-6/h5-7,14-15H,1-4,12H2,(H2,13,16). The fourth-order valence-corrected chi connectivity index (χ4v) is 3.00. The number of carbonyl (C=O) groups is 1. The molecule has 6 N–H and O–H groups in total. The number of thiophene rings is 1. The van der Waals surface area contributed by atoms with Gasteiger partial charge in [0, 0.05) is 6.04 Å². The maximum absolute atomic E-state index is 11.1. The quantitative estimate of drug-likeness (QED) is 0.650. The molecule has 1 aliphatic rings. The minimum absolute atomic E-state index is 0.164. The average Bonchev–Trinajstić information content (AvgIpc) is 2.63. The Balaban J connectivity index is 1.99. The number of aliphatic hydroxyl groups is 1. The highest BCUT2D eigenvalue weighted by atomic mass is 32.1. The minimum Gasteiger partial charge on any atom is -0.397 e. The van der Waals surface area contributed by atoms with Gasteiger partial charge in [0.1, 0.15) is 4.88 Å². The summed E-state index contributed by atoms with van der Waals surface area (Å²) in [5, 5.41) is 13.6. The van der Waals surface area contributed by atoms with Gasteiger partial charge in [-0.1, -0.05) is 0 Å². The van der Waals surface area contributed by atoms with Gasteiger partial charge < -0.3 is 21.9 Å². The van der Waals surface area contributed by atoms with Gasteiger partial charge in [-0.05, 0) is 31.7 Å². The fourth-order valence-electron chi connectivity index (χ4n) is 2.09. The van der Waals surface area contributed by atoms with Crippen LogP contribution in [0.5, 0.6) is 0 Å². The number of hydrogen-bond acceptors (Lipinski definition) is 5. The predicted octanol–water partition coefficient (Wildman–Crippen LogP) is 1.14. The third-order valence-electron chi connectivity index (χ3n) is 3.03. The number of nitrogens with one attached hydrogen (secondary N) is 1. The van der Waals surface area contributed by atoms with Crippen LogP contribution in [0.15, 0.2) is 6.07 Å². The Hall–Kier alpha value is -1.27. The monoisotopic (exact) mass is 255 g/mol. The highest BCUT2D eigenvalue weighted by molar-refractivity contribution is 7.18. The largest absolute Gasteiger partial charge is 0.397 e. The molecule has 0 aromatic carbocycles. The zero-order valence-corrected chi connectivity index (χ0v) is 10.3. The van der Waals surface area contributed by atoms with E-state index in [9.17, 15) is 9.90 Å². The molecule has 1 aromatic heterocycles. The van der Waals surface area contributed by atoms with E-state index in [0.717, 1.165) is 30.7 Å². The van der Waals surface area contributed by atoms with Crippen LogP contribution in [0, 0.1) is 0 Å². The van der Waals surface area contributed by atoms with Crippen molar-refractivity contribution in [2.75, 3.05) is 11.1 Å². The second-order valence-corrected chi connectivity index (χ2v) is 5.46. The van der Waals surface area contributed by atoms with Crippen molar-refractivity contribution in [1.82, 2.24) is 0 Å². The molecule has 6 heteroatoms. The second-order valence-electron chi connectivity index (χ2n) is 4.41. The summed E-state index contributed by atoms with van der Waals surface area (Å²) in [5.41, 5.74) is 11.3. The van der Waals surface area contributed by atoms with E-state index in [1.54, 1.807) is 6.07 Å². The predicted molar refractivity (Wildman–Crippen MR) is 69.1 cm³/mol. The molecule has 0 radical (unpaired) electrons. The van der Waals surface area contributed by atoms with Gasteiger partial charge in [0.2, 0.25) is 0 Å². The summed E-state index contributed by atoms with van der Waals surface area (Å²) in [6, 6.07) is 2.09. The summed E-state index contributed by atoms with van der Waals surface area (Å²) in [7, 11) is 0. The number of nitrogen functional groups attached to an aromatic ring is 1. The first-order valence-electron chi connectivity index (χ1n) is 5.70. The molecule has 17 heavy (non-hydrogen) atoms. The Labute approximate surface area is 104 Å². The van der Waals surface area contributed by atoms with Gasteiger partial charge in [-0.3, -0.25) is 4.79 Å². The highest BCUT2D eigenvalue weighted by Gasteiger charge is 2.20. The summed E-state index contributed by atoms with van der Waals surface area (Å²) in [6.07, 6.45) is 3.35. The summed E-state index contributed by atoms with van der Waals surface area (Å²) < 4.78 is 0. The molecule has 0 aliphatic heterocycles. The van der Waals surface area contributed by atoms with Crippen molar-refractivity contribution in [1.29, 1.82) is 0 Å². The van der Waals surface area contributed by atoms with Crippen LogP contribution in [0.2, 0.25) is 0 Å². The van der Waals surface area contributed by atoms with Crippen molar-refractivity contribution in [2.45, 2.75) is 37.8 Å². The molecule has 5 nitrogen and oxygen atoms in total. The number of primary amides is 1. The number of rotatable bonds is 3. The highest BCUT2D eigenvalue weighted by Crippen LogP contribution is 2.31. The van der Waals surface area contributed by atoms with Crippen LogP contribution < -0.4 is 16.8 Å². The van der Waals surface area contributed by atoms with Crippen LogP contribution in [0.25, 0.3) is 0 Å². The van der Waals surface area contributed by atoms with E-state index >= 15 is 0 Å². The van der Waals surface area contributed by atoms with E-state index in [0.29, 0.717) is 16.6 Å². The number of amides is 1. The molecular formula is C11H17N3O2S. The Bertz CT molecular complexity index is 411. The van der Waals surface area contributed by atoms with Crippen molar-refractivity contribution >= 4 is 27.9 Å². The topological polar surface area (TPSA) is 101 Å².